The third-order valence-corrected chi connectivity index (χ3v) is 2.72. The van der Waals surface area contributed by atoms with E-state index in [1.54, 1.807) is 24.3 Å². The molecular weight excluding hydrogens is 268 g/mol. The zero-order valence-corrected chi connectivity index (χ0v) is 10.9. The average Bonchev–Trinajstić information content (AvgIpc) is 2.42. The minimum atomic E-state index is -0.423. The van der Waals surface area contributed by atoms with Gasteiger partial charge < -0.3 is 4.74 Å². The molecule has 0 spiro atoms. The molecule has 0 bridgehead atoms. The molecule has 0 atom stereocenters. The third kappa shape index (κ3) is 3.20. The number of aromatic nitrogens is 2. The average molecular weight is 279 g/mol. The van der Waals surface area contributed by atoms with Gasteiger partial charge >= 0.3 is 5.97 Å². The fourth-order valence-corrected chi connectivity index (χ4v) is 1.78. The molecule has 0 aliphatic heterocycles. The first-order chi connectivity index (χ1) is 9.10. The van der Waals surface area contributed by atoms with Gasteiger partial charge in [-0.1, -0.05) is 23.7 Å². The molecule has 1 aromatic carbocycles. The second-order valence-electron chi connectivity index (χ2n) is 3.84. The number of halogens is 1. The monoisotopic (exact) mass is 278 g/mol. The summed E-state index contributed by atoms with van der Waals surface area (Å²) in [5, 5.41) is 4.16. The van der Waals surface area contributed by atoms with Gasteiger partial charge in [0.25, 0.3) is 5.56 Å². The fraction of sp³-hybridized carbons (Fsp3) is 0.154. The molecule has 0 fully saturated rings. The number of ether oxygens (including phenoxy) is 1. The topological polar surface area (TPSA) is 61.2 Å². The number of carbonyl (C=O) groups excluding carboxylic acids is 1. The molecule has 5 nitrogen and oxygen atoms in total. The van der Waals surface area contributed by atoms with Crippen LogP contribution in [0.15, 0.2) is 41.2 Å². The molecule has 0 radical (unpaired) electrons. The molecule has 2 rings (SSSR count). The number of hydrogen-bond donors (Lipinski definition) is 0. The molecule has 1 heterocycles. The second-order valence-corrected chi connectivity index (χ2v) is 4.23. The number of methoxy groups -OCH3 is 1. The maximum Gasteiger partial charge on any atom is 0.337 e. The van der Waals surface area contributed by atoms with Crippen LogP contribution in [-0.4, -0.2) is 22.9 Å². The normalized spacial score (nSPS) is 10.2. The van der Waals surface area contributed by atoms with Crippen molar-refractivity contribution in [1.29, 1.82) is 0 Å². The van der Waals surface area contributed by atoms with Crippen LogP contribution in [0.3, 0.4) is 0 Å². The molecule has 0 N–H and O–H groups in total. The molecule has 0 saturated carbocycles. The van der Waals surface area contributed by atoms with E-state index in [-0.39, 0.29) is 17.3 Å². The molecule has 2 aromatic rings. The van der Waals surface area contributed by atoms with E-state index in [1.165, 1.54) is 23.9 Å². The van der Waals surface area contributed by atoms with E-state index in [9.17, 15) is 9.59 Å². The van der Waals surface area contributed by atoms with Crippen molar-refractivity contribution >= 4 is 17.6 Å². The van der Waals surface area contributed by atoms with Crippen molar-refractivity contribution in [2.45, 2.75) is 6.54 Å². The van der Waals surface area contributed by atoms with Crippen molar-refractivity contribution in [2.24, 2.45) is 0 Å². The van der Waals surface area contributed by atoms with E-state index in [1.807, 2.05) is 0 Å². The summed E-state index contributed by atoms with van der Waals surface area (Å²) in [5.74, 6) is -0.423. The van der Waals surface area contributed by atoms with Gasteiger partial charge in [-0.05, 0) is 23.8 Å². The van der Waals surface area contributed by atoms with Gasteiger partial charge in [0.05, 0.1) is 19.2 Å². The maximum atomic E-state index is 11.6. The Bertz CT molecular complexity index is 667. The molecule has 1 aromatic heterocycles. The summed E-state index contributed by atoms with van der Waals surface area (Å²) >= 11 is 5.74. The van der Waals surface area contributed by atoms with Gasteiger partial charge in [-0.25, -0.2) is 9.48 Å². The Hall–Kier alpha value is -2.14. The zero-order chi connectivity index (χ0) is 13.8. The summed E-state index contributed by atoms with van der Waals surface area (Å²) in [5.41, 5.74) is 0.933. The van der Waals surface area contributed by atoms with Crippen molar-refractivity contribution in [2.75, 3.05) is 7.11 Å². The van der Waals surface area contributed by atoms with Gasteiger partial charge in [0, 0.05) is 6.07 Å². The van der Waals surface area contributed by atoms with Crippen molar-refractivity contribution in [3.8, 4) is 0 Å². The first-order valence-corrected chi connectivity index (χ1v) is 5.89. The molecule has 0 aliphatic carbocycles. The fourth-order valence-electron chi connectivity index (χ4n) is 1.62. The number of hydrogen-bond acceptors (Lipinski definition) is 4. The largest absolute Gasteiger partial charge is 0.465 e. The van der Waals surface area contributed by atoms with Gasteiger partial charge in [0.1, 0.15) is 5.15 Å². The Morgan fingerprint density at radius 3 is 2.89 bits per heavy atom. The Morgan fingerprint density at radius 2 is 2.16 bits per heavy atom. The number of benzene rings is 1. The van der Waals surface area contributed by atoms with Gasteiger partial charge in [-0.3, -0.25) is 4.79 Å². The van der Waals surface area contributed by atoms with Crippen molar-refractivity contribution in [1.82, 2.24) is 9.78 Å². The van der Waals surface area contributed by atoms with Crippen LogP contribution in [0.2, 0.25) is 5.15 Å². The quantitative estimate of drug-likeness (QED) is 0.802. The first kappa shape index (κ1) is 13.3. The van der Waals surface area contributed by atoms with E-state index in [4.69, 9.17) is 11.6 Å². The number of carbonyl (C=O) groups is 1. The Morgan fingerprint density at radius 1 is 1.37 bits per heavy atom. The maximum absolute atomic E-state index is 11.6. The third-order valence-electron chi connectivity index (χ3n) is 2.51. The molecule has 19 heavy (non-hydrogen) atoms. The van der Waals surface area contributed by atoms with Crippen LogP contribution in [0, 0.1) is 0 Å². The van der Waals surface area contributed by atoms with E-state index >= 15 is 0 Å². The SMILES string of the molecule is COC(=O)c1cccc(Cn2nc(Cl)ccc2=O)c1. The van der Waals surface area contributed by atoms with E-state index < -0.39 is 5.97 Å². The van der Waals surface area contributed by atoms with Crippen LogP contribution in [0.25, 0.3) is 0 Å². The lowest BCUT2D eigenvalue weighted by Crippen LogP contribution is -2.22. The molecule has 0 aliphatic rings. The Labute approximate surface area is 114 Å². The lowest BCUT2D eigenvalue weighted by atomic mass is 10.1. The standard InChI is InChI=1S/C13H11ClN2O3/c1-19-13(18)10-4-2-3-9(7-10)8-16-12(17)6-5-11(14)15-16/h2-7H,8H2,1H3. The highest BCUT2D eigenvalue weighted by atomic mass is 35.5. The smallest absolute Gasteiger partial charge is 0.337 e. The predicted octanol–water partition coefficient (Wildman–Crippen LogP) is 1.73. The van der Waals surface area contributed by atoms with Gasteiger partial charge in [-0.15, -0.1) is 0 Å². The van der Waals surface area contributed by atoms with Crippen LogP contribution in [0.5, 0.6) is 0 Å². The van der Waals surface area contributed by atoms with E-state index in [2.05, 4.69) is 9.84 Å². The van der Waals surface area contributed by atoms with Gasteiger partial charge in [-0.2, -0.15) is 5.10 Å². The van der Waals surface area contributed by atoms with Crippen molar-refractivity contribution in [3.05, 3.63) is 63.0 Å². The van der Waals surface area contributed by atoms with Crippen LogP contribution in [-0.2, 0) is 11.3 Å². The summed E-state index contributed by atoms with van der Waals surface area (Å²) in [6.07, 6.45) is 0. The highest BCUT2D eigenvalue weighted by Gasteiger charge is 2.07. The molecule has 0 amide bonds. The summed E-state index contributed by atoms with van der Waals surface area (Å²) < 4.78 is 5.87. The Balaban J connectivity index is 2.31. The minimum absolute atomic E-state index is 0.240. The number of rotatable bonds is 3. The summed E-state index contributed by atoms with van der Waals surface area (Å²) in [6.45, 7) is 0.240. The molecular formula is C13H11ClN2O3. The van der Waals surface area contributed by atoms with E-state index in [0.29, 0.717) is 5.56 Å². The lowest BCUT2D eigenvalue weighted by Gasteiger charge is -2.06. The van der Waals surface area contributed by atoms with Gasteiger partial charge in [0.15, 0.2) is 0 Å². The summed E-state index contributed by atoms with van der Waals surface area (Å²) in [6, 6.07) is 9.59. The van der Waals surface area contributed by atoms with Crippen LogP contribution >= 0.6 is 11.6 Å². The van der Waals surface area contributed by atoms with Crippen LogP contribution < -0.4 is 5.56 Å². The summed E-state index contributed by atoms with van der Waals surface area (Å²) in [7, 11) is 1.32. The molecule has 6 heteroatoms. The zero-order valence-electron chi connectivity index (χ0n) is 10.2. The van der Waals surface area contributed by atoms with Gasteiger partial charge in [0.2, 0.25) is 0 Å². The minimum Gasteiger partial charge on any atom is -0.465 e. The predicted molar refractivity (Wildman–Crippen MR) is 70.4 cm³/mol. The Kier molecular flexibility index (Phi) is 3.97. The molecule has 0 saturated heterocycles. The van der Waals surface area contributed by atoms with Crippen LogP contribution in [0.1, 0.15) is 15.9 Å². The molecule has 98 valence electrons. The number of esters is 1. The van der Waals surface area contributed by atoms with Crippen molar-refractivity contribution in [3.63, 3.8) is 0 Å². The highest BCUT2D eigenvalue weighted by Crippen LogP contribution is 2.08. The van der Waals surface area contributed by atoms with Crippen molar-refractivity contribution < 1.29 is 9.53 Å². The number of nitrogens with zero attached hydrogens (tertiary/aromatic N) is 2. The lowest BCUT2D eigenvalue weighted by molar-refractivity contribution is 0.0600. The first-order valence-electron chi connectivity index (χ1n) is 5.51. The van der Waals surface area contributed by atoms with Crippen LogP contribution in [0.4, 0.5) is 0 Å². The summed E-state index contributed by atoms with van der Waals surface area (Å²) in [4.78, 5) is 23.0. The molecule has 0 unspecified atom stereocenters. The highest BCUT2D eigenvalue weighted by molar-refractivity contribution is 6.29. The van der Waals surface area contributed by atoms with E-state index in [0.717, 1.165) is 5.56 Å². The second kappa shape index (κ2) is 5.67.